The number of aryl methyl sites for hydroxylation is 2. The molecule has 0 aliphatic heterocycles. The highest BCUT2D eigenvalue weighted by Gasteiger charge is 1.88. The van der Waals surface area contributed by atoms with Gasteiger partial charge < -0.3 is 0 Å². The van der Waals surface area contributed by atoms with Gasteiger partial charge in [-0.25, -0.2) is 0 Å². The van der Waals surface area contributed by atoms with Crippen LogP contribution in [0.25, 0.3) is 0 Å². The zero-order valence-corrected chi connectivity index (χ0v) is 10.8. The first-order chi connectivity index (χ1) is 6.59. The van der Waals surface area contributed by atoms with Crippen LogP contribution in [0.4, 0.5) is 0 Å². The second-order valence-corrected chi connectivity index (χ2v) is 5.56. The molecule has 0 bridgehead atoms. The normalized spacial score (nSPS) is 9.29. The summed E-state index contributed by atoms with van der Waals surface area (Å²) in [5.74, 6) is 0. The lowest BCUT2D eigenvalue weighted by Crippen LogP contribution is -1.68. The van der Waals surface area contributed by atoms with Gasteiger partial charge in [0.25, 0.3) is 0 Å². The monoisotopic (exact) mass is 264 g/mol. The van der Waals surface area contributed by atoms with Crippen LogP contribution >= 0.6 is 47.3 Å². The van der Waals surface area contributed by atoms with Crippen molar-refractivity contribution in [1.29, 1.82) is 0 Å². The maximum absolute atomic E-state index is 4.74. The van der Waals surface area contributed by atoms with E-state index in [9.17, 15) is 0 Å². The van der Waals surface area contributed by atoms with Gasteiger partial charge in [-0.3, -0.25) is 9.59 Å². The molecule has 0 amide bonds. The van der Waals surface area contributed by atoms with E-state index >= 15 is 0 Å². The predicted octanol–water partition coefficient (Wildman–Crippen LogP) is 3.02. The third-order valence-electron chi connectivity index (χ3n) is 1.12. The van der Waals surface area contributed by atoms with Crippen LogP contribution in [0, 0.1) is 22.3 Å². The van der Waals surface area contributed by atoms with Crippen molar-refractivity contribution in [2.75, 3.05) is 0 Å². The number of hydrogen-bond acceptors (Lipinski definition) is 6. The molecule has 2 N–H and O–H groups in total. The molecule has 0 aliphatic carbocycles. The number of aromatic amines is 2. The first-order valence-corrected chi connectivity index (χ1v) is 6.07. The van der Waals surface area contributed by atoms with Crippen molar-refractivity contribution >= 4 is 47.3 Å². The Hall–Kier alpha value is -0.440. The molecule has 76 valence electrons. The number of hydrogen-bond donors (Lipinski definition) is 2. The summed E-state index contributed by atoms with van der Waals surface area (Å²) in [6.45, 7) is 3.90. The number of rotatable bonds is 0. The summed E-state index contributed by atoms with van der Waals surface area (Å²) in [5, 5.41) is 12.3. The molecule has 0 saturated carbocycles. The first kappa shape index (κ1) is 11.6. The highest BCUT2D eigenvalue weighted by Crippen LogP contribution is 2.03. The Labute approximate surface area is 99.2 Å². The summed E-state index contributed by atoms with van der Waals surface area (Å²) in [6.07, 6.45) is 0. The molecule has 4 nitrogen and oxygen atoms in total. The second kappa shape index (κ2) is 5.44. The number of aromatic nitrogens is 4. The van der Waals surface area contributed by atoms with Gasteiger partial charge in [0.15, 0.2) is 0 Å². The van der Waals surface area contributed by atoms with Crippen LogP contribution in [0.15, 0.2) is 0 Å². The predicted molar refractivity (Wildman–Crippen MR) is 64.1 cm³/mol. The molecular formula is C6H8N4S4. The van der Waals surface area contributed by atoms with E-state index in [2.05, 4.69) is 19.8 Å². The molecule has 0 saturated heterocycles. The summed E-state index contributed by atoms with van der Waals surface area (Å²) >= 11 is 12.4. The van der Waals surface area contributed by atoms with Crippen LogP contribution in [0.1, 0.15) is 10.0 Å². The molecule has 2 aromatic heterocycles. The van der Waals surface area contributed by atoms with Gasteiger partial charge in [0, 0.05) is 0 Å². The minimum Gasteiger partial charge on any atom is -0.280 e. The average Bonchev–Trinajstić information content (AvgIpc) is 2.65. The third-order valence-corrected chi connectivity index (χ3v) is 3.49. The maximum atomic E-state index is 4.74. The van der Waals surface area contributed by atoms with Crippen LogP contribution in [-0.2, 0) is 0 Å². The topological polar surface area (TPSA) is 57.4 Å². The average molecular weight is 264 g/mol. The fraction of sp³-hybridized carbons (Fsp3) is 0.333. The Bertz CT molecular complexity index is 449. The highest BCUT2D eigenvalue weighted by atomic mass is 32.2. The molecular weight excluding hydrogens is 256 g/mol. The first-order valence-electron chi connectivity index (χ1n) is 3.62. The summed E-state index contributed by atoms with van der Waals surface area (Å²) in [7, 11) is 0. The summed E-state index contributed by atoms with van der Waals surface area (Å²) in [4.78, 5) is 0. The van der Waals surface area contributed by atoms with E-state index in [0.717, 1.165) is 13.8 Å². The molecule has 0 atom stereocenters. The molecule has 0 spiro atoms. The maximum Gasteiger partial charge on any atom is 0.148 e. The van der Waals surface area contributed by atoms with Gasteiger partial charge in [-0.05, 0) is 25.4 Å². The molecule has 14 heavy (non-hydrogen) atoms. The molecule has 2 aromatic rings. The van der Waals surface area contributed by atoms with Crippen molar-refractivity contribution in [3.63, 3.8) is 0 Å². The SMILES string of the molecule is Cc1nnc(C)s1.S=c1[nH][nH]sc1=S. The van der Waals surface area contributed by atoms with Crippen molar-refractivity contribution in [2.45, 2.75) is 13.8 Å². The van der Waals surface area contributed by atoms with Crippen molar-refractivity contribution in [2.24, 2.45) is 0 Å². The zero-order chi connectivity index (χ0) is 10.6. The van der Waals surface area contributed by atoms with Crippen LogP contribution < -0.4 is 0 Å². The molecule has 2 heterocycles. The smallest absolute Gasteiger partial charge is 0.148 e. The number of H-pyrrole nitrogens is 2. The van der Waals surface area contributed by atoms with Crippen LogP contribution in [0.2, 0.25) is 0 Å². The lowest BCUT2D eigenvalue weighted by molar-refractivity contribution is 1.02. The quantitative estimate of drug-likeness (QED) is 0.718. The van der Waals surface area contributed by atoms with Gasteiger partial charge in [-0.2, -0.15) is 0 Å². The fourth-order valence-corrected chi connectivity index (χ4v) is 2.01. The van der Waals surface area contributed by atoms with Crippen LogP contribution in [-0.4, -0.2) is 19.8 Å². The Morgan fingerprint density at radius 1 is 1.14 bits per heavy atom. The van der Waals surface area contributed by atoms with Gasteiger partial charge in [0.05, 0.1) is 0 Å². The highest BCUT2D eigenvalue weighted by molar-refractivity contribution is 7.75. The lowest BCUT2D eigenvalue weighted by Gasteiger charge is -1.65. The van der Waals surface area contributed by atoms with Gasteiger partial charge in [0.2, 0.25) is 0 Å². The largest absolute Gasteiger partial charge is 0.280 e. The molecule has 2 rings (SSSR count). The molecule has 8 heteroatoms. The second-order valence-electron chi connectivity index (χ2n) is 2.29. The minimum absolute atomic E-state index is 0.625. The number of nitrogens with zero attached hydrogens (tertiary/aromatic N) is 2. The lowest BCUT2D eigenvalue weighted by atomic mass is 10.9. The molecule has 0 aliphatic rings. The van der Waals surface area contributed by atoms with Crippen molar-refractivity contribution < 1.29 is 0 Å². The van der Waals surface area contributed by atoms with E-state index in [1.165, 1.54) is 11.5 Å². The third kappa shape index (κ3) is 3.74. The zero-order valence-electron chi connectivity index (χ0n) is 7.53. The van der Waals surface area contributed by atoms with Crippen molar-refractivity contribution in [3.05, 3.63) is 18.5 Å². The van der Waals surface area contributed by atoms with E-state index in [4.69, 9.17) is 24.4 Å². The van der Waals surface area contributed by atoms with Crippen LogP contribution in [0.5, 0.6) is 0 Å². The Morgan fingerprint density at radius 2 is 1.71 bits per heavy atom. The van der Waals surface area contributed by atoms with Gasteiger partial charge in [-0.1, -0.05) is 24.4 Å². The van der Waals surface area contributed by atoms with E-state index in [0.29, 0.717) is 4.64 Å². The van der Waals surface area contributed by atoms with E-state index in [1.54, 1.807) is 11.3 Å². The molecule has 0 fully saturated rings. The summed E-state index contributed by atoms with van der Waals surface area (Å²) in [6, 6.07) is 0. The molecule has 0 radical (unpaired) electrons. The van der Waals surface area contributed by atoms with Crippen molar-refractivity contribution in [1.82, 2.24) is 19.8 Å². The Morgan fingerprint density at radius 3 is 1.86 bits per heavy atom. The Balaban J connectivity index is 0.000000140. The Kier molecular flexibility index (Phi) is 4.52. The van der Waals surface area contributed by atoms with E-state index in [-0.39, 0.29) is 0 Å². The van der Waals surface area contributed by atoms with Crippen LogP contribution in [0.3, 0.4) is 0 Å². The van der Waals surface area contributed by atoms with Gasteiger partial charge in [-0.15, -0.1) is 21.5 Å². The van der Waals surface area contributed by atoms with Gasteiger partial charge >= 0.3 is 0 Å². The molecule has 0 unspecified atom stereocenters. The summed E-state index contributed by atoms with van der Waals surface area (Å²) < 4.78 is 4.05. The van der Waals surface area contributed by atoms with Crippen molar-refractivity contribution in [3.8, 4) is 0 Å². The van der Waals surface area contributed by atoms with Gasteiger partial charge in [0.1, 0.15) is 18.5 Å². The van der Waals surface area contributed by atoms with E-state index < -0.39 is 0 Å². The minimum atomic E-state index is 0.625. The summed E-state index contributed by atoms with van der Waals surface area (Å²) in [5.41, 5.74) is 0. The number of nitrogens with one attached hydrogen (secondary N) is 2. The fourth-order valence-electron chi connectivity index (χ4n) is 0.611. The molecule has 0 aromatic carbocycles. The van der Waals surface area contributed by atoms with E-state index in [1.807, 2.05) is 13.8 Å². The standard InChI is InChI=1S/C4H6N2S.C2H2N2S3/c1-3-5-6-4(2)7-3;5-1-2(6)7-4-3-1/h1-2H3;4H,(H,3,5).